The van der Waals surface area contributed by atoms with Crippen LogP contribution in [0.15, 0.2) is 0 Å². The molecule has 1 spiro atoms. The number of hydrogen-bond donors (Lipinski definition) is 0. The molecule has 10 fully saturated rings. The SMILES string of the molecule is CC[C]12[CH]3[CH]4[C]5(CC)[CH]1[Fe]34251678[CH]2[CH]1[C]6(CC)[C]7(CC)[CH]28. The van der Waals surface area contributed by atoms with Gasteiger partial charge in [-0.25, -0.2) is 0 Å². The molecule has 10 aliphatic heterocycles. The van der Waals surface area contributed by atoms with Crippen molar-refractivity contribution in [2.24, 2.45) is 0 Å². The van der Waals surface area contributed by atoms with Crippen LogP contribution >= 0.6 is 0 Å². The summed E-state index contributed by atoms with van der Waals surface area (Å²) in [6.45, 7) is 7.40. The van der Waals surface area contributed by atoms with Gasteiger partial charge in [-0.05, 0) is 0 Å². The molecule has 0 aromatic rings. The Bertz CT molecular complexity index is 1050. The first-order valence-electron chi connectivity index (χ1n) is 9.16. The molecule has 10 rings (SSSR count). The summed E-state index contributed by atoms with van der Waals surface area (Å²) in [5.74, 6) is 0. The van der Waals surface area contributed by atoms with Crippen molar-refractivity contribution in [2.45, 2.75) is 99.5 Å². The third-order valence-electron chi connectivity index (χ3n) is 18.4. The van der Waals surface area contributed by atoms with Gasteiger partial charge in [0.05, 0.1) is 0 Å². The average molecular weight is 298 g/mol. The Morgan fingerprint density at radius 3 is 1.42 bits per heavy atom. The van der Waals surface area contributed by atoms with Gasteiger partial charge in [-0.2, -0.15) is 0 Å². The molecule has 19 heavy (non-hydrogen) atoms. The van der Waals surface area contributed by atoms with Crippen LogP contribution in [0.25, 0.3) is 0 Å². The summed E-state index contributed by atoms with van der Waals surface area (Å²) < 4.78 is 4.47. The van der Waals surface area contributed by atoms with E-state index in [-0.39, 0.29) is 0 Å². The molecule has 0 saturated carbocycles. The van der Waals surface area contributed by atoms with Crippen molar-refractivity contribution in [2.75, 3.05) is 0 Å². The normalized spacial score (nSPS) is 120. The predicted molar refractivity (Wildman–Crippen MR) is 74.4 cm³/mol. The molecular formula is C18H26Fe. The fourth-order valence-electron chi connectivity index (χ4n) is 23.2. The Labute approximate surface area is 106 Å². The molecule has 0 N–H and O–H groups in total. The van der Waals surface area contributed by atoms with Gasteiger partial charge in [0.25, 0.3) is 0 Å². The van der Waals surface area contributed by atoms with Gasteiger partial charge < -0.3 is 0 Å². The molecule has 10 aliphatic rings. The first kappa shape index (κ1) is 8.23. The Kier molecular flexibility index (Phi) is 0.294. The van der Waals surface area contributed by atoms with Crippen molar-refractivity contribution in [1.29, 1.82) is 0 Å². The van der Waals surface area contributed by atoms with Crippen LogP contribution in [0.2, 0.25) is 46.2 Å². The second kappa shape index (κ2) is 0.679. The van der Waals surface area contributed by atoms with Gasteiger partial charge in [0.1, 0.15) is 0 Å². The summed E-state index contributed by atoms with van der Waals surface area (Å²) in [4.78, 5) is 8.81. The Hall–Kier alpha value is 0.519. The minimum absolute atomic E-state index is 1.11. The fourth-order valence-corrected chi connectivity index (χ4v) is 110. The molecule has 10 heterocycles. The third kappa shape index (κ3) is 0.0717. The monoisotopic (exact) mass is 298 g/mol. The first-order valence-corrected chi connectivity index (χ1v) is 15.2. The third-order valence-corrected chi connectivity index (χ3v) is 65.1. The zero-order valence-corrected chi connectivity index (χ0v) is 13.8. The van der Waals surface area contributed by atoms with Gasteiger partial charge in [0.15, 0.2) is 0 Å². The van der Waals surface area contributed by atoms with E-state index in [2.05, 4.69) is 27.7 Å². The molecule has 0 bridgehead atoms. The quantitative estimate of drug-likeness (QED) is 0.520. The van der Waals surface area contributed by atoms with Gasteiger partial charge >= 0.3 is 106 Å². The summed E-state index contributed by atoms with van der Waals surface area (Å²) in [5.41, 5.74) is 0. The van der Waals surface area contributed by atoms with Crippen molar-refractivity contribution in [3.8, 4) is 0 Å². The molecule has 0 aromatic heterocycles. The summed E-state index contributed by atoms with van der Waals surface area (Å²) >= 11 is 0. The van der Waals surface area contributed by atoms with E-state index in [1.165, 1.54) is 28.9 Å². The molecular weight excluding hydrogens is 272 g/mol. The van der Waals surface area contributed by atoms with Crippen LogP contribution in [0.5, 0.6) is 0 Å². The van der Waals surface area contributed by atoms with E-state index >= 15 is 0 Å². The molecule has 0 amide bonds. The molecule has 1 heteroatoms. The predicted octanol–water partition coefficient (Wildman–Crippen LogP) is 6.50. The fraction of sp³-hybridized carbons (Fsp3) is 1.00. The van der Waals surface area contributed by atoms with Gasteiger partial charge in [-0.1, -0.05) is 0 Å². The summed E-state index contributed by atoms with van der Waals surface area (Å²) in [6.07, 6.45) is 6.61. The maximum atomic E-state index is 2.64. The Balaban J connectivity index is 1.71. The van der Waals surface area contributed by atoms with E-state index in [1.807, 2.05) is 0 Å². The second-order valence-corrected chi connectivity index (χ2v) is 34.9. The van der Waals surface area contributed by atoms with E-state index in [1.54, 1.807) is 25.7 Å². The molecule has 106 valence electrons. The Morgan fingerprint density at radius 1 is 0.684 bits per heavy atom. The molecule has 0 radical (unpaired) electrons. The van der Waals surface area contributed by atoms with Crippen molar-refractivity contribution in [3.63, 3.8) is 0 Å². The van der Waals surface area contributed by atoms with E-state index in [9.17, 15) is 0 Å². The van der Waals surface area contributed by atoms with Crippen molar-refractivity contribution in [3.05, 3.63) is 0 Å². The Morgan fingerprint density at radius 2 is 1.16 bits per heavy atom. The molecule has 10 saturated heterocycles. The van der Waals surface area contributed by atoms with Gasteiger partial charge in [0, 0.05) is 0 Å². The molecule has 0 aromatic carbocycles. The van der Waals surface area contributed by atoms with E-state index < -0.39 is 6.51 Å². The molecule has 8 atom stereocenters. The second-order valence-electron chi connectivity index (χ2n) is 12.0. The maximum absolute atomic E-state index is 3.16. The van der Waals surface area contributed by atoms with Crippen LogP contribution in [-0.4, -0.2) is 0 Å². The topological polar surface area (TPSA) is 0 Å². The van der Waals surface area contributed by atoms with Crippen LogP contribution in [0.4, 0.5) is 0 Å². The summed E-state index contributed by atoms with van der Waals surface area (Å²) in [5, 5.41) is 0. The molecule has 8 unspecified atom stereocenters. The number of fused-ring (bicyclic) bond motifs is 10. The average Bonchev–Trinajstić information content (AvgIpc) is 3.39. The van der Waals surface area contributed by atoms with Crippen LogP contribution in [0.3, 0.4) is 0 Å². The van der Waals surface area contributed by atoms with Crippen LogP contribution < -0.4 is 0 Å². The summed E-state index contributed by atoms with van der Waals surface area (Å²) in [7, 11) is 0. The van der Waals surface area contributed by atoms with Crippen LogP contribution in [-0.2, 0) is 6.51 Å². The summed E-state index contributed by atoms with van der Waals surface area (Å²) in [6, 6.07) is 0. The van der Waals surface area contributed by atoms with Crippen LogP contribution in [0.1, 0.15) is 53.4 Å². The molecule has 0 aliphatic carbocycles. The zero-order valence-electron chi connectivity index (χ0n) is 12.6. The van der Waals surface area contributed by atoms with Gasteiger partial charge in [-0.3, -0.25) is 0 Å². The van der Waals surface area contributed by atoms with Crippen molar-refractivity contribution < 1.29 is 6.51 Å². The molecule has 0 nitrogen and oxygen atoms in total. The van der Waals surface area contributed by atoms with E-state index in [0.29, 0.717) is 0 Å². The van der Waals surface area contributed by atoms with Crippen molar-refractivity contribution in [1.82, 2.24) is 0 Å². The first-order chi connectivity index (χ1) is 8.95. The van der Waals surface area contributed by atoms with Gasteiger partial charge in [-0.15, -0.1) is 0 Å². The number of rotatable bonds is 4. The number of hydrogen-bond acceptors (Lipinski definition) is 0. The van der Waals surface area contributed by atoms with Gasteiger partial charge in [0.2, 0.25) is 0 Å². The standard InChI is InChI=1S/2C9H13.Fe/c1-3-8-5-6-9(4-2)7-8;1-3-8-6-5-7-9(8)4-2;/h2*5-7H,3-4H2,1-2H3;. The van der Waals surface area contributed by atoms with Crippen LogP contribution in [0, 0.1) is 0 Å². The minimum atomic E-state index is -3.16. The van der Waals surface area contributed by atoms with E-state index in [4.69, 9.17) is 0 Å². The van der Waals surface area contributed by atoms with Crippen molar-refractivity contribution >= 4 is 0 Å². The zero-order chi connectivity index (χ0) is 12.6. The van der Waals surface area contributed by atoms with E-state index in [0.717, 1.165) is 17.3 Å².